The highest BCUT2D eigenvalue weighted by molar-refractivity contribution is 7.11. The van der Waals surface area contributed by atoms with Crippen LogP contribution in [0, 0.1) is 13.8 Å². The topological polar surface area (TPSA) is 81.3 Å². The number of hydrogen-bond acceptors (Lipinski definition) is 5. The summed E-state index contributed by atoms with van der Waals surface area (Å²) in [5, 5.41) is 8.26. The molecule has 0 aliphatic heterocycles. The van der Waals surface area contributed by atoms with Crippen molar-refractivity contribution in [3.05, 3.63) is 62.5 Å². The number of fused-ring (bicyclic) bond motifs is 3. The van der Waals surface area contributed by atoms with Gasteiger partial charge in [-0.25, -0.2) is 18.9 Å². The zero-order chi connectivity index (χ0) is 18.3. The van der Waals surface area contributed by atoms with Crippen molar-refractivity contribution in [3.8, 4) is 0 Å². The lowest BCUT2D eigenvalue weighted by Crippen LogP contribution is -2.31. The van der Waals surface area contributed by atoms with Gasteiger partial charge < -0.3 is 5.32 Å². The first-order valence-electron chi connectivity index (χ1n) is 8.22. The molecule has 1 N–H and O–H groups in total. The van der Waals surface area contributed by atoms with E-state index < -0.39 is 0 Å². The second kappa shape index (κ2) is 6.38. The van der Waals surface area contributed by atoms with Crippen LogP contribution >= 0.6 is 11.3 Å². The maximum Gasteiger partial charge on any atom is 0.350 e. The van der Waals surface area contributed by atoms with E-state index in [1.807, 2.05) is 37.3 Å². The van der Waals surface area contributed by atoms with Crippen molar-refractivity contribution in [2.75, 3.05) is 6.54 Å². The first kappa shape index (κ1) is 16.5. The largest absolute Gasteiger partial charge is 0.350 e. The van der Waals surface area contributed by atoms with E-state index in [0.717, 1.165) is 16.5 Å². The van der Waals surface area contributed by atoms with Crippen molar-refractivity contribution in [2.45, 2.75) is 20.4 Å². The van der Waals surface area contributed by atoms with Crippen LogP contribution in [0.2, 0.25) is 0 Å². The molecule has 3 heterocycles. The fourth-order valence-corrected chi connectivity index (χ4v) is 3.73. The molecule has 0 unspecified atom stereocenters. The van der Waals surface area contributed by atoms with Gasteiger partial charge in [-0.2, -0.15) is 0 Å². The maximum atomic E-state index is 12.8. The summed E-state index contributed by atoms with van der Waals surface area (Å²) in [5.41, 5.74) is 4.54. The van der Waals surface area contributed by atoms with Crippen molar-refractivity contribution < 1.29 is 4.79 Å². The summed E-state index contributed by atoms with van der Waals surface area (Å²) in [6.45, 7) is 4.35. The van der Waals surface area contributed by atoms with Crippen molar-refractivity contribution in [1.29, 1.82) is 0 Å². The van der Waals surface area contributed by atoms with Crippen molar-refractivity contribution >= 4 is 33.8 Å². The summed E-state index contributed by atoms with van der Waals surface area (Å²) in [7, 11) is 0. The lowest BCUT2D eigenvalue weighted by atomic mass is 10.1. The molecule has 4 rings (SSSR count). The van der Waals surface area contributed by atoms with Crippen LogP contribution in [0.1, 0.15) is 20.9 Å². The minimum Gasteiger partial charge on any atom is -0.349 e. The predicted octanol–water partition coefficient (Wildman–Crippen LogP) is 2.15. The van der Waals surface area contributed by atoms with Crippen molar-refractivity contribution in [1.82, 2.24) is 24.5 Å². The molecule has 0 radical (unpaired) electrons. The van der Waals surface area contributed by atoms with Gasteiger partial charge in [0, 0.05) is 6.54 Å². The average Bonchev–Trinajstić information content (AvgIpc) is 3.20. The number of nitrogens with zero attached hydrogens (tertiary/aromatic N) is 4. The number of nitrogens with one attached hydrogen (secondary N) is 1. The molecule has 0 saturated heterocycles. The number of aromatic nitrogens is 4. The second-order valence-electron chi connectivity index (χ2n) is 6.07. The number of amides is 1. The molecule has 0 fully saturated rings. The van der Waals surface area contributed by atoms with Gasteiger partial charge in [0.15, 0.2) is 5.65 Å². The van der Waals surface area contributed by atoms with E-state index in [0.29, 0.717) is 29.3 Å². The molecule has 8 heteroatoms. The highest BCUT2D eigenvalue weighted by Crippen LogP contribution is 2.18. The van der Waals surface area contributed by atoms with E-state index in [1.54, 1.807) is 16.8 Å². The normalized spacial score (nSPS) is 11.3. The smallest absolute Gasteiger partial charge is 0.349 e. The number of para-hydroxylation sites is 1. The second-order valence-corrected chi connectivity index (χ2v) is 6.93. The van der Waals surface area contributed by atoms with Crippen LogP contribution in [-0.2, 0) is 6.54 Å². The van der Waals surface area contributed by atoms with Gasteiger partial charge in [-0.3, -0.25) is 4.79 Å². The molecule has 3 aromatic heterocycles. The third kappa shape index (κ3) is 2.68. The minimum absolute atomic E-state index is 0.177. The Morgan fingerprint density at radius 3 is 2.85 bits per heavy atom. The first-order valence-corrected chi connectivity index (χ1v) is 9.10. The molecule has 1 amide bonds. The molecule has 26 heavy (non-hydrogen) atoms. The summed E-state index contributed by atoms with van der Waals surface area (Å²) in [6, 6.07) is 9.75. The number of carbonyl (C=O) groups excluding carboxylic acids is 1. The molecule has 7 nitrogen and oxygen atoms in total. The Bertz CT molecular complexity index is 1190. The fraction of sp³-hybridized carbons (Fsp3) is 0.222. The number of carbonyl (C=O) groups is 1. The van der Waals surface area contributed by atoms with E-state index in [9.17, 15) is 9.59 Å². The molecule has 0 saturated carbocycles. The third-order valence-electron chi connectivity index (χ3n) is 4.30. The predicted molar refractivity (Wildman–Crippen MR) is 101 cm³/mol. The highest BCUT2D eigenvalue weighted by Gasteiger charge is 2.14. The van der Waals surface area contributed by atoms with Crippen LogP contribution < -0.4 is 11.0 Å². The fourth-order valence-electron chi connectivity index (χ4n) is 3.01. The number of pyridine rings is 1. The highest BCUT2D eigenvalue weighted by atomic mass is 32.1. The molecule has 0 aliphatic carbocycles. The van der Waals surface area contributed by atoms with E-state index in [4.69, 9.17) is 0 Å². The summed E-state index contributed by atoms with van der Waals surface area (Å²) >= 11 is 1.30. The quantitative estimate of drug-likeness (QED) is 0.599. The monoisotopic (exact) mass is 367 g/mol. The number of thiazole rings is 1. The molecule has 0 bridgehead atoms. The van der Waals surface area contributed by atoms with Crippen LogP contribution in [0.3, 0.4) is 0 Å². The van der Waals surface area contributed by atoms with Crippen LogP contribution in [0.15, 0.2) is 40.6 Å². The molecular weight excluding hydrogens is 350 g/mol. The zero-order valence-electron chi connectivity index (χ0n) is 14.4. The van der Waals surface area contributed by atoms with Crippen LogP contribution in [0.25, 0.3) is 16.6 Å². The molecule has 4 aromatic rings. The molecule has 0 spiro atoms. The summed E-state index contributed by atoms with van der Waals surface area (Å²) < 4.78 is 3.02. The zero-order valence-corrected chi connectivity index (χ0v) is 15.2. The standard InChI is InChI=1S/C18H17N5O2S/c1-11-9-13-5-3-4-6-14(13)23-16(11)21-22(18(23)25)8-7-19-17(24)15-12(2)20-10-26-15/h3-6,9-10H,7-8H2,1-2H3,(H,19,24). The van der Waals surface area contributed by atoms with Gasteiger partial charge in [0.05, 0.1) is 23.3 Å². The molecule has 0 aliphatic rings. The van der Waals surface area contributed by atoms with E-state index in [2.05, 4.69) is 15.4 Å². The van der Waals surface area contributed by atoms with Gasteiger partial charge in [-0.05, 0) is 36.9 Å². The van der Waals surface area contributed by atoms with Gasteiger partial charge in [-0.15, -0.1) is 16.4 Å². The molecule has 132 valence electrons. The third-order valence-corrected chi connectivity index (χ3v) is 5.23. The lowest BCUT2D eigenvalue weighted by molar-refractivity contribution is 0.0955. The summed E-state index contributed by atoms with van der Waals surface area (Å²) in [5.74, 6) is -0.177. The van der Waals surface area contributed by atoms with Gasteiger partial charge in [0.1, 0.15) is 4.88 Å². The van der Waals surface area contributed by atoms with Crippen molar-refractivity contribution in [2.24, 2.45) is 0 Å². The Balaban J connectivity index is 1.62. The Morgan fingerprint density at radius 2 is 2.08 bits per heavy atom. The van der Waals surface area contributed by atoms with Gasteiger partial charge in [0.25, 0.3) is 5.91 Å². The SMILES string of the molecule is Cc1ncsc1C(=O)NCCn1nc2c(C)cc3ccccc3n2c1=O. The number of rotatable bonds is 4. The van der Waals surface area contributed by atoms with Crippen LogP contribution in [0.4, 0.5) is 0 Å². The van der Waals surface area contributed by atoms with E-state index in [-0.39, 0.29) is 11.6 Å². The Labute approximate surface area is 152 Å². The van der Waals surface area contributed by atoms with Crippen LogP contribution in [0.5, 0.6) is 0 Å². The number of hydrogen-bond donors (Lipinski definition) is 1. The van der Waals surface area contributed by atoms with Gasteiger partial charge >= 0.3 is 5.69 Å². The first-order chi connectivity index (χ1) is 12.6. The minimum atomic E-state index is -0.205. The molecule has 1 aromatic carbocycles. The Kier molecular flexibility index (Phi) is 4.04. The van der Waals surface area contributed by atoms with E-state index in [1.165, 1.54) is 16.0 Å². The van der Waals surface area contributed by atoms with Gasteiger partial charge in [-0.1, -0.05) is 18.2 Å². The Hall–Kier alpha value is -3.00. The van der Waals surface area contributed by atoms with Crippen molar-refractivity contribution in [3.63, 3.8) is 0 Å². The molecular formula is C18H17N5O2S. The van der Waals surface area contributed by atoms with E-state index >= 15 is 0 Å². The number of benzene rings is 1. The average molecular weight is 367 g/mol. The summed E-state index contributed by atoms with van der Waals surface area (Å²) in [4.78, 5) is 29.6. The maximum absolute atomic E-state index is 12.8. The Morgan fingerprint density at radius 1 is 1.27 bits per heavy atom. The lowest BCUT2D eigenvalue weighted by Gasteiger charge is -2.03. The van der Waals surface area contributed by atoms with Gasteiger partial charge in [0.2, 0.25) is 0 Å². The molecule has 0 atom stereocenters. The van der Waals surface area contributed by atoms with Crippen LogP contribution in [-0.4, -0.2) is 31.6 Å². The summed E-state index contributed by atoms with van der Waals surface area (Å²) in [6.07, 6.45) is 0. The number of aryl methyl sites for hydroxylation is 2.